The fourth-order valence-electron chi connectivity index (χ4n) is 2.61. The molecule has 2 heterocycles. The number of amides is 1. The number of aliphatic hydroxyl groups is 1. The molecule has 1 amide bonds. The lowest BCUT2D eigenvalue weighted by atomic mass is 10.0. The van der Waals surface area contributed by atoms with E-state index < -0.39 is 0 Å². The van der Waals surface area contributed by atoms with E-state index in [1.165, 1.54) is 0 Å². The first kappa shape index (κ1) is 13.0. The average molecular weight is 248 g/mol. The molecule has 0 aromatic carbocycles. The number of carbonyl (C=O) groups excluding carboxylic acids is 1. The molecule has 2 unspecified atom stereocenters. The van der Waals surface area contributed by atoms with Crippen molar-refractivity contribution < 1.29 is 9.90 Å². The van der Waals surface area contributed by atoms with Crippen LogP contribution in [0.3, 0.4) is 0 Å². The van der Waals surface area contributed by atoms with Crippen LogP contribution in [0.5, 0.6) is 0 Å². The Morgan fingerprint density at radius 2 is 2.22 bits per heavy atom. The van der Waals surface area contributed by atoms with Crippen LogP contribution < -0.4 is 0 Å². The number of rotatable bonds is 2. The molecule has 4 heteroatoms. The van der Waals surface area contributed by atoms with Gasteiger partial charge in [-0.15, -0.1) is 0 Å². The topological polar surface area (TPSA) is 53.4 Å². The first-order valence-corrected chi connectivity index (χ1v) is 6.40. The average Bonchev–Trinajstić information content (AvgIpc) is 2.69. The highest BCUT2D eigenvalue weighted by Gasteiger charge is 2.34. The van der Waals surface area contributed by atoms with E-state index in [2.05, 4.69) is 11.9 Å². The Morgan fingerprint density at radius 3 is 2.83 bits per heavy atom. The summed E-state index contributed by atoms with van der Waals surface area (Å²) in [5.74, 6) is 0.348. The zero-order chi connectivity index (χ0) is 13.3. The van der Waals surface area contributed by atoms with Gasteiger partial charge >= 0.3 is 0 Å². The van der Waals surface area contributed by atoms with Crippen LogP contribution in [-0.4, -0.2) is 40.1 Å². The molecule has 18 heavy (non-hydrogen) atoms. The molecule has 1 aliphatic heterocycles. The van der Waals surface area contributed by atoms with Crippen LogP contribution in [0.15, 0.2) is 12.1 Å². The second-order valence-electron chi connectivity index (χ2n) is 5.10. The Hall–Kier alpha value is -1.42. The van der Waals surface area contributed by atoms with Gasteiger partial charge in [-0.05, 0) is 38.3 Å². The van der Waals surface area contributed by atoms with Crippen molar-refractivity contribution in [3.8, 4) is 0 Å². The molecule has 0 spiro atoms. The normalized spacial score (nSPS) is 23.4. The highest BCUT2D eigenvalue weighted by Crippen LogP contribution is 2.25. The number of aryl methyl sites for hydroxylation is 2. The maximum atomic E-state index is 12.5. The Morgan fingerprint density at radius 1 is 1.50 bits per heavy atom. The largest absolute Gasteiger partial charge is 0.394 e. The first-order chi connectivity index (χ1) is 8.54. The van der Waals surface area contributed by atoms with Gasteiger partial charge in [-0.1, -0.05) is 6.92 Å². The van der Waals surface area contributed by atoms with E-state index in [0.29, 0.717) is 11.5 Å². The minimum atomic E-state index is -0.0572. The third-order valence-corrected chi connectivity index (χ3v) is 3.79. The fraction of sp³-hybridized carbons (Fsp3) is 0.571. The van der Waals surface area contributed by atoms with Crippen molar-refractivity contribution in [2.75, 3.05) is 13.2 Å². The molecule has 1 fully saturated rings. The van der Waals surface area contributed by atoms with Crippen LogP contribution in [-0.2, 0) is 0 Å². The summed E-state index contributed by atoms with van der Waals surface area (Å²) in [6, 6.07) is 3.63. The second kappa shape index (κ2) is 5.06. The molecule has 0 bridgehead atoms. The Balaban J connectivity index is 2.26. The second-order valence-corrected chi connectivity index (χ2v) is 5.10. The third-order valence-electron chi connectivity index (χ3n) is 3.79. The van der Waals surface area contributed by atoms with Gasteiger partial charge in [0.2, 0.25) is 0 Å². The van der Waals surface area contributed by atoms with Crippen LogP contribution >= 0.6 is 0 Å². The minimum absolute atomic E-state index is 0.0107. The SMILES string of the molecule is Cc1ccc(C(=O)N2CCC(C)C2CO)c(C)n1. The highest BCUT2D eigenvalue weighted by molar-refractivity contribution is 5.95. The zero-order valence-electron chi connectivity index (χ0n) is 11.2. The van der Waals surface area contributed by atoms with E-state index in [0.717, 1.165) is 24.4 Å². The molecule has 98 valence electrons. The van der Waals surface area contributed by atoms with Gasteiger partial charge in [0.05, 0.1) is 23.9 Å². The van der Waals surface area contributed by atoms with Crippen LogP contribution in [0.25, 0.3) is 0 Å². The van der Waals surface area contributed by atoms with E-state index in [1.807, 2.05) is 26.0 Å². The quantitative estimate of drug-likeness (QED) is 0.863. The Labute approximate surface area is 108 Å². The Bertz CT molecular complexity index is 459. The van der Waals surface area contributed by atoms with E-state index >= 15 is 0 Å². The number of aliphatic hydroxyl groups excluding tert-OH is 1. The fourth-order valence-corrected chi connectivity index (χ4v) is 2.61. The van der Waals surface area contributed by atoms with Crippen molar-refractivity contribution in [2.24, 2.45) is 5.92 Å². The van der Waals surface area contributed by atoms with Crippen LogP contribution in [0, 0.1) is 19.8 Å². The third kappa shape index (κ3) is 2.25. The molecule has 1 N–H and O–H groups in total. The summed E-state index contributed by atoms with van der Waals surface area (Å²) in [4.78, 5) is 18.6. The van der Waals surface area contributed by atoms with Crippen molar-refractivity contribution in [2.45, 2.75) is 33.2 Å². The summed E-state index contributed by atoms with van der Waals surface area (Å²) in [5, 5.41) is 9.41. The smallest absolute Gasteiger partial charge is 0.256 e. The maximum Gasteiger partial charge on any atom is 0.256 e. The van der Waals surface area contributed by atoms with E-state index in [4.69, 9.17) is 0 Å². The summed E-state index contributed by atoms with van der Waals surface area (Å²) >= 11 is 0. The van der Waals surface area contributed by atoms with Gasteiger partial charge in [0, 0.05) is 12.2 Å². The van der Waals surface area contributed by atoms with Gasteiger partial charge in [0.1, 0.15) is 0 Å². The highest BCUT2D eigenvalue weighted by atomic mass is 16.3. The molecule has 0 saturated carbocycles. The van der Waals surface area contributed by atoms with E-state index in [1.54, 1.807) is 4.90 Å². The molecule has 0 aliphatic carbocycles. The molecule has 0 radical (unpaired) electrons. The standard InChI is InChI=1S/C14H20N2O2/c1-9-6-7-16(13(9)8-17)14(18)12-5-4-10(2)15-11(12)3/h4-5,9,13,17H,6-8H2,1-3H3. The lowest BCUT2D eigenvalue weighted by Gasteiger charge is -2.25. The van der Waals surface area contributed by atoms with Crippen molar-refractivity contribution >= 4 is 5.91 Å². The number of aromatic nitrogens is 1. The van der Waals surface area contributed by atoms with Crippen LogP contribution in [0.1, 0.15) is 35.1 Å². The number of carbonyl (C=O) groups is 1. The van der Waals surface area contributed by atoms with Gasteiger partial charge in [0.15, 0.2) is 0 Å². The predicted octanol–water partition coefficient (Wildman–Crippen LogP) is 1.54. The van der Waals surface area contributed by atoms with E-state index in [9.17, 15) is 9.90 Å². The summed E-state index contributed by atoms with van der Waals surface area (Å²) in [5.41, 5.74) is 2.32. The van der Waals surface area contributed by atoms with Gasteiger partial charge in [0.25, 0.3) is 5.91 Å². The molecule has 2 atom stereocenters. The monoisotopic (exact) mass is 248 g/mol. The van der Waals surface area contributed by atoms with Crippen LogP contribution in [0.4, 0.5) is 0 Å². The van der Waals surface area contributed by atoms with Crippen molar-refractivity contribution in [1.29, 1.82) is 0 Å². The predicted molar refractivity (Wildman–Crippen MR) is 69.4 cm³/mol. The summed E-state index contributed by atoms with van der Waals surface area (Å²) in [6.07, 6.45) is 0.954. The number of likely N-dealkylation sites (tertiary alicyclic amines) is 1. The van der Waals surface area contributed by atoms with E-state index in [-0.39, 0.29) is 18.6 Å². The molecular formula is C14H20N2O2. The maximum absolute atomic E-state index is 12.5. The lowest BCUT2D eigenvalue weighted by molar-refractivity contribution is 0.0647. The van der Waals surface area contributed by atoms with Gasteiger partial charge in [-0.3, -0.25) is 9.78 Å². The Kier molecular flexibility index (Phi) is 3.66. The zero-order valence-corrected chi connectivity index (χ0v) is 11.2. The number of nitrogens with zero attached hydrogens (tertiary/aromatic N) is 2. The molecule has 2 rings (SSSR count). The molecule has 1 saturated heterocycles. The summed E-state index contributed by atoms with van der Waals surface area (Å²) in [6.45, 7) is 6.60. The number of hydrogen-bond acceptors (Lipinski definition) is 3. The molecule has 1 aliphatic rings. The van der Waals surface area contributed by atoms with Crippen molar-refractivity contribution in [1.82, 2.24) is 9.88 Å². The summed E-state index contributed by atoms with van der Waals surface area (Å²) < 4.78 is 0. The molecule has 4 nitrogen and oxygen atoms in total. The first-order valence-electron chi connectivity index (χ1n) is 6.40. The molecule has 1 aromatic rings. The molecule has 1 aromatic heterocycles. The number of pyridine rings is 1. The number of hydrogen-bond donors (Lipinski definition) is 1. The summed E-state index contributed by atoms with van der Waals surface area (Å²) in [7, 11) is 0. The minimum Gasteiger partial charge on any atom is -0.394 e. The lowest BCUT2D eigenvalue weighted by Crippen LogP contribution is -2.40. The van der Waals surface area contributed by atoms with Crippen molar-refractivity contribution in [3.05, 3.63) is 29.1 Å². The molecular weight excluding hydrogens is 228 g/mol. The van der Waals surface area contributed by atoms with Crippen molar-refractivity contribution in [3.63, 3.8) is 0 Å². The van der Waals surface area contributed by atoms with Gasteiger partial charge in [-0.25, -0.2) is 0 Å². The van der Waals surface area contributed by atoms with Crippen LogP contribution in [0.2, 0.25) is 0 Å². The van der Waals surface area contributed by atoms with Gasteiger partial charge in [-0.2, -0.15) is 0 Å². The van der Waals surface area contributed by atoms with Gasteiger partial charge < -0.3 is 10.0 Å².